The number of nitrogens with two attached hydrogens (primary N) is 1. The van der Waals surface area contributed by atoms with Gasteiger partial charge >= 0.3 is 0 Å². The number of hydrogen-bond donors (Lipinski definition) is 1. The van der Waals surface area contributed by atoms with Crippen LogP contribution < -0.4 is 5.73 Å². The summed E-state index contributed by atoms with van der Waals surface area (Å²) in [7, 11) is 0. The van der Waals surface area contributed by atoms with Gasteiger partial charge in [0, 0.05) is 0 Å². The summed E-state index contributed by atoms with van der Waals surface area (Å²) < 4.78 is 13.0. The Morgan fingerprint density at radius 3 is 2.64 bits per heavy atom. The second-order valence-electron chi connectivity index (χ2n) is 2.66. The summed E-state index contributed by atoms with van der Waals surface area (Å²) in [6.07, 6.45) is 0. The average Bonchev–Trinajstić information content (AvgIpc) is 2.04. The summed E-state index contributed by atoms with van der Waals surface area (Å²) in [5, 5.41) is 0. The van der Waals surface area contributed by atoms with Crippen LogP contribution in [-0.4, -0.2) is 6.54 Å². The lowest BCUT2D eigenvalue weighted by Crippen LogP contribution is -2.10. The fourth-order valence-electron chi connectivity index (χ4n) is 1.00. The van der Waals surface area contributed by atoms with E-state index in [1.807, 2.05) is 13.0 Å². The van der Waals surface area contributed by atoms with Crippen molar-refractivity contribution in [3.05, 3.63) is 35.6 Å². The summed E-state index contributed by atoms with van der Waals surface area (Å²) in [6, 6.07) is 6.74. The molecule has 0 aromatic heterocycles. The molecule has 0 heterocycles. The zero-order valence-electron chi connectivity index (χ0n) is 6.55. The Morgan fingerprint density at radius 2 is 2.09 bits per heavy atom. The Morgan fingerprint density at radius 1 is 1.45 bits per heavy atom. The highest BCUT2D eigenvalue weighted by atomic mass is 19.1. The van der Waals surface area contributed by atoms with Crippen molar-refractivity contribution in [2.75, 3.05) is 6.54 Å². The van der Waals surface area contributed by atoms with Crippen LogP contribution in [0.15, 0.2) is 24.3 Å². The van der Waals surface area contributed by atoms with Gasteiger partial charge in [-0.1, -0.05) is 25.1 Å². The van der Waals surface area contributed by atoms with Gasteiger partial charge in [0.05, 0.1) is 0 Å². The summed E-state index contributed by atoms with van der Waals surface area (Å²) in [5.74, 6) is -0.0540. The van der Waals surface area contributed by atoms with Gasteiger partial charge in [0.1, 0.15) is 5.82 Å². The lowest BCUT2D eigenvalue weighted by atomic mass is 10.0. The van der Waals surface area contributed by atoms with E-state index in [4.69, 9.17) is 5.73 Å². The van der Waals surface area contributed by atoms with Crippen molar-refractivity contribution in [2.24, 2.45) is 5.73 Å². The lowest BCUT2D eigenvalue weighted by molar-refractivity contribution is 0.590. The molecule has 0 bridgehead atoms. The Hall–Kier alpha value is -0.890. The van der Waals surface area contributed by atoms with Crippen LogP contribution in [0.4, 0.5) is 4.39 Å². The van der Waals surface area contributed by atoms with Gasteiger partial charge in [0.15, 0.2) is 0 Å². The van der Waals surface area contributed by atoms with Gasteiger partial charge in [-0.05, 0) is 24.1 Å². The van der Waals surface area contributed by atoms with E-state index in [0.29, 0.717) is 12.1 Å². The molecule has 1 atom stereocenters. The monoisotopic (exact) mass is 153 g/mol. The van der Waals surface area contributed by atoms with Crippen molar-refractivity contribution in [3.63, 3.8) is 0 Å². The van der Waals surface area contributed by atoms with Gasteiger partial charge in [0.25, 0.3) is 0 Å². The minimum absolute atomic E-state index is 0.108. The molecule has 2 N–H and O–H groups in total. The molecule has 0 fully saturated rings. The molecule has 0 aliphatic heterocycles. The second-order valence-corrected chi connectivity index (χ2v) is 2.66. The van der Waals surface area contributed by atoms with E-state index in [9.17, 15) is 4.39 Å². The normalized spacial score (nSPS) is 13.0. The van der Waals surface area contributed by atoms with Crippen LogP contribution in [0.1, 0.15) is 18.4 Å². The van der Waals surface area contributed by atoms with Crippen molar-refractivity contribution >= 4 is 0 Å². The Bertz CT molecular complexity index is 235. The van der Waals surface area contributed by atoms with Gasteiger partial charge in [-0.25, -0.2) is 4.39 Å². The molecule has 0 aliphatic rings. The highest BCUT2D eigenvalue weighted by Gasteiger charge is 2.06. The standard InChI is InChI=1S/C9H12FN/c1-7(6-11)8-4-2-3-5-9(8)10/h2-5,7H,6,11H2,1H3/t7-/m1/s1. The third-order valence-corrected chi connectivity index (χ3v) is 1.79. The van der Waals surface area contributed by atoms with Gasteiger partial charge in [-0.2, -0.15) is 0 Å². The van der Waals surface area contributed by atoms with Crippen molar-refractivity contribution < 1.29 is 4.39 Å². The molecule has 0 saturated heterocycles. The lowest BCUT2D eigenvalue weighted by Gasteiger charge is -2.08. The number of benzene rings is 1. The predicted molar refractivity (Wildman–Crippen MR) is 43.9 cm³/mol. The van der Waals surface area contributed by atoms with E-state index in [1.165, 1.54) is 6.07 Å². The maximum Gasteiger partial charge on any atom is 0.126 e. The molecule has 11 heavy (non-hydrogen) atoms. The molecule has 1 rings (SSSR count). The Labute approximate surface area is 66.0 Å². The number of rotatable bonds is 2. The van der Waals surface area contributed by atoms with Crippen LogP contribution >= 0.6 is 0 Å². The zero-order chi connectivity index (χ0) is 8.27. The van der Waals surface area contributed by atoms with E-state index < -0.39 is 0 Å². The van der Waals surface area contributed by atoms with E-state index in [2.05, 4.69) is 0 Å². The van der Waals surface area contributed by atoms with Crippen LogP contribution in [0.3, 0.4) is 0 Å². The molecule has 60 valence electrons. The SMILES string of the molecule is C[C@H](CN)c1ccccc1F. The van der Waals surface area contributed by atoms with E-state index in [0.717, 1.165) is 0 Å². The molecular weight excluding hydrogens is 141 g/mol. The van der Waals surface area contributed by atoms with Crippen molar-refractivity contribution in [1.29, 1.82) is 0 Å². The first-order valence-electron chi connectivity index (χ1n) is 3.70. The van der Waals surface area contributed by atoms with Crippen LogP contribution in [0.25, 0.3) is 0 Å². The third kappa shape index (κ3) is 1.77. The summed E-state index contributed by atoms with van der Waals surface area (Å²) in [5.41, 5.74) is 6.11. The van der Waals surface area contributed by atoms with E-state index in [-0.39, 0.29) is 11.7 Å². The maximum atomic E-state index is 13.0. The summed E-state index contributed by atoms with van der Waals surface area (Å²) in [6.45, 7) is 2.40. The van der Waals surface area contributed by atoms with E-state index >= 15 is 0 Å². The fraction of sp³-hybridized carbons (Fsp3) is 0.333. The smallest absolute Gasteiger partial charge is 0.126 e. The zero-order valence-corrected chi connectivity index (χ0v) is 6.55. The molecule has 0 unspecified atom stereocenters. The average molecular weight is 153 g/mol. The fourth-order valence-corrected chi connectivity index (χ4v) is 1.00. The molecule has 0 radical (unpaired) electrons. The molecular formula is C9H12FN. The first-order valence-corrected chi connectivity index (χ1v) is 3.70. The minimum Gasteiger partial charge on any atom is -0.330 e. The molecule has 2 heteroatoms. The molecule has 1 aromatic rings. The molecule has 1 aromatic carbocycles. The number of halogens is 1. The first kappa shape index (κ1) is 8.21. The molecule has 0 aliphatic carbocycles. The summed E-state index contributed by atoms with van der Waals surface area (Å²) in [4.78, 5) is 0. The third-order valence-electron chi connectivity index (χ3n) is 1.79. The highest BCUT2D eigenvalue weighted by molar-refractivity contribution is 5.21. The second kappa shape index (κ2) is 3.49. The predicted octanol–water partition coefficient (Wildman–Crippen LogP) is 1.89. The molecule has 0 saturated carbocycles. The largest absolute Gasteiger partial charge is 0.330 e. The number of hydrogen-bond acceptors (Lipinski definition) is 1. The summed E-state index contributed by atoms with van der Waals surface area (Å²) >= 11 is 0. The maximum absolute atomic E-state index is 13.0. The Balaban J connectivity index is 2.93. The van der Waals surface area contributed by atoms with Crippen LogP contribution in [0.2, 0.25) is 0 Å². The van der Waals surface area contributed by atoms with Crippen molar-refractivity contribution in [3.8, 4) is 0 Å². The van der Waals surface area contributed by atoms with Crippen molar-refractivity contribution in [2.45, 2.75) is 12.8 Å². The Kier molecular flexibility index (Phi) is 2.60. The first-order chi connectivity index (χ1) is 5.25. The van der Waals surface area contributed by atoms with Crippen molar-refractivity contribution in [1.82, 2.24) is 0 Å². The van der Waals surface area contributed by atoms with Gasteiger partial charge in [0.2, 0.25) is 0 Å². The van der Waals surface area contributed by atoms with Crippen LogP contribution in [-0.2, 0) is 0 Å². The molecule has 0 amide bonds. The minimum atomic E-state index is -0.162. The van der Waals surface area contributed by atoms with Crippen LogP contribution in [0, 0.1) is 5.82 Å². The topological polar surface area (TPSA) is 26.0 Å². The molecule has 0 spiro atoms. The van der Waals surface area contributed by atoms with Gasteiger partial charge in [-0.15, -0.1) is 0 Å². The van der Waals surface area contributed by atoms with Gasteiger partial charge < -0.3 is 5.73 Å². The van der Waals surface area contributed by atoms with Crippen LogP contribution in [0.5, 0.6) is 0 Å². The quantitative estimate of drug-likeness (QED) is 0.689. The van der Waals surface area contributed by atoms with Gasteiger partial charge in [-0.3, -0.25) is 0 Å². The highest BCUT2D eigenvalue weighted by Crippen LogP contribution is 2.16. The molecule has 1 nitrogen and oxygen atoms in total. The van der Waals surface area contributed by atoms with E-state index in [1.54, 1.807) is 12.1 Å².